The number of nitrogens with two attached hydrogens (primary N) is 1. The fourth-order valence-corrected chi connectivity index (χ4v) is 2.89. The third kappa shape index (κ3) is 4.53. The molecule has 0 spiro atoms. The Morgan fingerprint density at radius 1 is 1.28 bits per heavy atom. The van der Waals surface area contributed by atoms with Crippen LogP contribution in [-0.2, 0) is 22.5 Å². The van der Waals surface area contributed by atoms with Crippen molar-refractivity contribution in [1.82, 2.24) is 19.5 Å². The molecule has 3 rings (SSSR count). The standard InChI is InChI=1S/C14H15ClN5O4P/c15-12-11-13(19-14(16)18-12)20(7-17-11)5-9-2-1-3-10(4-9)6-24-8-25(21,22)23/h1-4,7H,5-6,8H2,(H2,16,18,19)(H2,21,22,23). The van der Waals surface area contributed by atoms with E-state index in [2.05, 4.69) is 15.0 Å². The van der Waals surface area contributed by atoms with Gasteiger partial charge in [0.25, 0.3) is 0 Å². The van der Waals surface area contributed by atoms with Crippen molar-refractivity contribution < 1.29 is 19.1 Å². The van der Waals surface area contributed by atoms with Gasteiger partial charge in [0.2, 0.25) is 5.95 Å². The van der Waals surface area contributed by atoms with E-state index in [0.717, 1.165) is 11.1 Å². The van der Waals surface area contributed by atoms with E-state index >= 15 is 0 Å². The van der Waals surface area contributed by atoms with Gasteiger partial charge in [-0.2, -0.15) is 9.97 Å². The Kier molecular flexibility index (Phi) is 5.03. The van der Waals surface area contributed by atoms with Crippen LogP contribution in [0.15, 0.2) is 30.6 Å². The molecule has 0 aliphatic heterocycles. The number of benzene rings is 1. The molecule has 0 radical (unpaired) electrons. The van der Waals surface area contributed by atoms with E-state index < -0.39 is 13.9 Å². The van der Waals surface area contributed by atoms with Crippen molar-refractivity contribution in [3.05, 3.63) is 46.9 Å². The van der Waals surface area contributed by atoms with Crippen LogP contribution in [0.2, 0.25) is 5.15 Å². The Bertz CT molecular complexity index is 958. The molecule has 0 aliphatic carbocycles. The largest absolute Gasteiger partial charge is 0.368 e. The van der Waals surface area contributed by atoms with Crippen molar-refractivity contribution in [2.24, 2.45) is 0 Å². The quantitative estimate of drug-likeness (QED) is 0.432. The van der Waals surface area contributed by atoms with Gasteiger partial charge in [0.05, 0.1) is 19.5 Å². The third-order valence-electron chi connectivity index (χ3n) is 3.31. The molecule has 4 N–H and O–H groups in total. The molecule has 11 heteroatoms. The summed E-state index contributed by atoms with van der Waals surface area (Å²) in [6.07, 6.45) is 0.986. The molecule has 2 heterocycles. The summed E-state index contributed by atoms with van der Waals surface area (Å²) in [5, 5.41) is 0.195. The second-order valence-corrected chi connectivity index (χ2v) is 7.33. The second kappa shape index (κ2) is 7.07. The number of ether oxygens (including phenoxy) is 1. The number of hydrogen-bond donors (Lipinski definition) is 3. The number of anilines is 1. The lowest BCUT2D eigenvalue weighted by atomic mass is 10.1. The van der Waals surface area contributed by atoms with Gasteiger partial charge in [-0.3, -0.25) is 4.57 Å². The van der Waals surface area contributed by atoms with Crippen molar-refractivity contribution in [1.29, 1.82) is 0 Å². The highest BCUT2D eigenvalue weighted by Gasteiger charge is 2.13. The summed E-state index contributed by atoms with van der Waals surface area (Å²) in [4.78, 5) is 29.8. The molecule has 0 atom stereocenters. The first kappa shape index (κ1) is 17.8. The van der Waals surface area contributed by atoms with Crippen LogP contribution >= 0.6 is 19.2 Å². The maximum Gasteiger partial charge on any atom is 0.350 e. The maximum atomic E-state index is 10.8. The smallest absolute Gasteiger partial charge is 0.350 e. The molecule has 0 saturated heterocycles. The first-order chi connectivity index (χ1) is 11.8. The molecular formula is C14H15ClN5O4P. The summed E-state index contributed by atoms with van der Waals surface area (Å²) < 4.78 is 17.6. The molecule has 0 bridgehead atoms. The van der Waals surface area contributed by atoms with Crippen LogP contribution in [0.3, 0.4) is 0 Å². The average Bonchev–Trinajstić information content (AvgIpc) is 2.89. The molecular weight excluding hydrogens is 369 g/mol. The predicted molar refractivity (Wildman–Crippen MR) is 92.0 cm³/mol. The van der Waals surface area contributed by atoms with Gasteiger partial charge < -0.3 is 24.8 Å². The summed E-state index contributed by atoms with van der Waals surface area (Å²) in [6.45, 7) is 0.570. The highest BCUT2D eigenvalue weighted by molar-refractivity contribution is 7.51. The van der Waals surface area contributed by atoms with Crippen LogP contribution < -0.4 is 5.73 Å². The van der Waals surface area contributed by atoms with Crippen LogP contribution in [0.25, 0.3) is 11.2 Å². The molecule has 2 aromatic heterocycles. The Balaban J connectivity index is 1.77. The van der Waals surface area contributed by atoms with Crippen molar-refractivity contribution in [3.8, 4) is 0 Å². The maximum absolute atomic E-state index is 10.8. The number of nitrogens with zero attached hydrogens (tertiary/aromatic N) is 4. The van der Waals surface area contributed by atoms with Gasteiger partial charge in [-0.05, 0) is 11.1 Å². The minimum Gasteiger partial charge on any atom is -0.368 e. The van der Waals surface area contributed by atoms with Crippen molar-refractivity contribution >= 4 is 36.3 Å². The molecule has 0 aliphatic rings. The van der Waals surface area contributed by atoms with Crippen molar-refractivity contribution in [2.45, 2.75) is 13.2 Å². The molecule has 0 amide bonds. The Morgan fingerprint density at radius 3 is 2.80 bits per heavy atom. The van der Waals surface area contributed by atoms with E-state index in [1.807, 2.05) is 24.3 Å². The minimum absolute atomic E-state index is 0.0684. The van der Waals surface area contributed by atoms with Gasteiger partial charge in [-0.15, -0.1) is 0 Å². The van der Waals surface area contributed by atoms with Crippen molar-refractivity contribution in [2.75, 3.05) is 12.1 Å². The zero-order valence-corrected chi connectivity index (χ0v) is 14.6. The van der Waals surface area contributed by atoms with E-state index in [4.69, 9.17) is 31.9 Å². The predicted octanol–water partition coefficient (Wildman–Crippen LogP) is 1.76. The van der Waals surface area contributed by atoms with E-state index in [1.54, 1.807) is 10.9 Å². The van der Waals surface area contributed by atoms with E-state index in [-0.39, 0.29) is 17.7 Å². The summed E-state index contributed by atoms with van der Waals surface area (Å²) >= 11 is 6.01. The monoisotopic (exact) mass is 383 g/mol. The Hall–Kier alpha value is -2.03. The van der Waals surface area contributed by atoms with Crippen LogP contribution in [0.5, 0.6) is 0 Å². The highest BCUT2D eigenvalue weighted by atomic mass is 35.5. The third-order valence-corrected chi connectivity index (χ3v) is 4.09. The first-order valence-corrected chi connectivity index (χ1v) is 9.33. The van der Waals surface area contributed by atoms with Gasteiger partial charge in [0.15, 0.2) is 10.8 Å². The second-order valence-electron chi connectivity index (χ2n) is 5.38. The van der Waals surface area contributed by atoms with Gasteiger partial charge in [-0.25, -0.2) is 4.98 Å². The van der Waals surface area contributed by atoms with E-state index in [0.29, 0.717) is 17.7 Å². The lowest BCUT2D eigenvalue weighted by Crippen LogP contribution is -2.03. The molecule has 1 aromatic carbocycles. The molecule has 3 aromatic rings. The lowest BCUT2D eigenvalue weighted by Gasteiger charge is -2.08. The number of hydrogen-bond acceptors (Lipinski definition) is 6. The molecule has 9 nitrogen and oxygen atoms in total. The van der Waals surface area contributed by atoms with Crippen LogP contribution in [0.1, 0.15) is 11.1 Å². The zero-order chi connectivity index (χ0) is 18.0. The Morgan fingerprint density at radius 2 is 2.04 bits per heavy atom. The fourth-order valence-electron chi connectivity index (χ4n) is 2.34. The number of aromatic nitrogens is 4. The molecule has 0 saturated carbocycles. The zero-order valence-electron chi connectivity index (χ0n) is 12.9. The summed E-state index contributed by atoms with van der Waals surface area (Å²) in [6, 6.07) is 7.43. The number of fused-ring (bicyclic) bond motifs is 1. The summed E-state index contributed by atoms with van der Waals surface area (Å²) in [5.41, 5.74) is 8.36. The number of rotatable bonds is 6. The van der Waals surface area contributed by atoms with E-state index in [1.165, 1.54) is 0 Å². The Labute approximate surface area is 147 Å². The summed E-state index contributed by atoms with van der Waals surface area (Å²) in [5.74, 6) is 0.0684. The summed E-state index contributed by atoms with van der Waals surface area (Å²) in [7, 11) is -4.17. The fraction of sp³-hybridized carbons (Fsp3) is 0.214. The number of imidazole rings is 1. The molecule has 0 unspecified atom stereocenters. The number of nitrogen functional groups attached to an aromatic ring is 1. The highest BCUT2D eigenvalue weighted by Crippen LogP contribution is 2.34. The molecule has 0 fully saturated rings. The van der Waals surface area contributed by atoms with Gasteiger partial charge in [0, 0.05) is 0 Å². The van der Waals surface area contributed by atoms with Gasteiger partial charge >= 0.3 is 7.60 Å². The minimum atomic E-state index is -4.17. The van der Waals surface area contributed by atoms with Crippen LogP contribution in [0, 0.1) is 0 Å². The average molecular weight is 384 g/mol. The number of halogens is 1. The normalized spacial score (nSPS) is 12.0. The topological polar surface area (TPSA) is 136 Å². The van der Waals surface area contributed by atoms with Crippen molar-refractivity contribution in [3.63, 3.8) is 0 Å². The van der Waals surface area contributed by atoms with Gasteiger partial charge in [0.1, 0.15) is 11.9 Å². The van der Waals surface area contributed by atoms with E-state index in [9.17, 15) is 4.57 Å². The molecule has 25 heavy (non-hydrogen) atoms. The van der Waals surface area contributed by atoms with Gasteiger partial charge in [-0.1, -0.05) is 35.9 Å². The molecule has 132 valence electrons. The first-order valence-electron chi connectivity index (χ1n) is 7.16. The van der Waals surface area contributed by atoms with Crippen LogP contribution in [-0.4, -0.2) is 35.7 Å². The van der Waals surface area contributed by atoms with Crippen LogP contribution in [0.4, 0.5) is 5.95 Å². The lowest BCUT2D eigenvalue weighted by molar-refractivity contribution is 0.144. The SMILES string of the molecule is Nc1nc(Cl)c2ncn(Cc3cccc(COCP(=O)(O)O)c3)c2n1.